The van der Waals surface area contributed by atoms with Gasteiger partial charge in [0, 0.05) is 45.0 Å². The molecule has 1 aromatic carbocycles. The second-order valence-corrected chi connectivity index (χ2v) is 6.53. The first-order chi connectivity index (χ1) is 11.2. The van der Waals surface area contributed by atoms with E-state index < -0.39 is 0 Å². The molecular weight excluding hydrogens is 288 g/mol. The summed E-state index contributed by atoms with van der Waals surface area (Å²) >= 11 is 0. The molecule has 0 saturated carbocycles. The molecule has 23 heavy (non-hydrogen) atoms. The molecule has 2 saturated heterocycles. The maximum absolute atomic E-state index is 12.9. The second-order valence-electron chi connectivity index (χ2n) is 6.53. The number of aromatic nitrogens is 2. The Morgan fingerprint density at radius 2 is 1.87 bits per heavy atom. The van der Waals surface area contributed by atoms with Gasteiger partial charge in [-0.2, -0.15) is 0 Å². The van der Waals surface area contributed by atoms with Crippen LogP contribution in [-0.4, -0.2) is 47.5 Å². The van der Waals surface area contributed by atoms with Crippen molar-refractivity contribution in [1.29, 1.82) is 0 Å². The lowest BCUT2D eigenvalue weighted by Gasteiger charge is -2.28. The number of anilines is 1. The molecule has 0 aliphatic carbocycles. The van der Waals surface area contributed by atoms with Crippen LogP contribution in [0, 0.1) is 5.41 Å². The minimum Gasteiger partial charge on any atom is -0.345 e. The van der Waals surface area contributed by atoms with Crippen LogP contribution in [0.5, 0.6) is 0 Å². The third kappa shape index (κ3) is 2.19. The molecule has 2 aromatic rings. The van der Waals surface area contributed by atoms with Gasteiger partial charge in [0.05, 0.1) is 5.41 Å². The molecule has 0 unspecified atom stereocenters. The quantitative estimate of drug-likeness (QED) is 0.850. The van der Waals surface area contributed by atoms with Gasteiger partial charge in [-0.1, -0.05) is 30.3 Å². The van der Waals surface area contributed by atoms with E-state index >= 15 is 0 Å². The molecule has 0 radical (unpaired) electrons. The highest BCUT2D eigenvalue weighted by molar-refractivity contribution is 5.87. The van der Waals surface area contributed by atoms with Gasteiger partial charge >= 0.3 is 0 Å². The molecule has 2 atom stereocenters. The normalized spacial score (nSPS) is 27.2. The summed E-state index contributed by atoms with van der Waals surface area (Å²) in [5, 5.41) is 0. The van der Waals surface area contributed by atoms with E-state index in [2.05, 4.69) is 27.0 Å². The summed E-state index contributed by atoms with van der Waals surface area (Å²) in [6.07, 6.45) is 4.41. The molecule has 4 rings (SSSR count). The van der Waals surface area contributed by atoms with Gasteiger partial charge in [-0.3, -0.25) is 4.79 Å². The van der Waals surface area contributed by atoms with E-state index in [9.17, 15) is 4.79 Å². The third-order valence-electron chi connectivity index (χ3n) is 5.25. The van der Waals surface area contributed by atoms with Crippen molar-refractivity contribution in [2.45, 2.75) is 12.3 Å². The molecular formula is C18H20N4O. The van der Waals surface area contributed by atoms with E-state index in [1.54, 1.807) is 12.4 Å². The monoisotopic (exact) mass is 308 g/mol. The Kier molecular flexibility index (Phi) is 3.29. The molecule has 3 heterocycles. The van der Waals surface area contributed by atoms with Gasteiger partial charge in [0.15, 0.2) is 0 Å². The summed E-state index contributed by atoms with van der Waals surface area (Å²) in [4.78, 5) is 25.7. The van der Waals surface area contributed by atoms with Gasteiger partial charge in [0.2, 0.25) is 11.9 Å². The minimum absolute atomic E-state index is 0.185. The van der Waals surface area contributed by atoms with Crippen LogP contribution in [0.4, 0.5) is 5.95 Å². The molecule has 1 aromatic heterocycles. The second kappa shape index (κ2) is 5.33. The fraction of sp³-hybridized carbons (Fsp3) is 0.389. The van der Waals surface area contributed by atoms with E-state index in [-0.39, 0.29) is 17.2 Å². The molecule has 1 amide bonds. The Morgan fingerprint density at radius 3 is 2.52 bits per heavy atom. The lowest BCUT2D eigenvalue weighted by molar-refractivity contribution is -0.134. The van der Waals surface area contributed by atoms with Crippen LogP contribution >= 0.6 is 0 Å². The summed E-state index contributed by atoms with van der Waals surface area (Å²) in [5.74, 6) is 1.15. The van der Waals surface area contributed by atoms with Gasteiger partial charge in [0.1, 0.15) is 0 Å². The fourth-order valence-electron chi connectivity index (χ4n) is 4.05. The van der Waals surface area contributed by atoms with Crippen molar-refractivity contribution < 1.29 is 4.79 Å². The molecule has 0 N–H and O–H groups in total. The number of hydrogen-bond acceptors (Lipinski definition) is 4. The predicted octanol–water partition coefficient (Wildman–Crippen LogP) is 1.93. The summed E-state index contributed by atoms with van der Waals surface area (Å²) in [5.41, 5.74) is 0.879. The smallest absolute Gasteiger partial charge is 0.231 e. The Labute approximate surface area is 136 Å². The summed E-state index contributed by atoms with van der Waals surface area (Å²) in [6.45, 7) is 2.30. The Morgan fingerprint density at radius 1 is 1.13 bits per heavy atom. The highest BCUT2D eigenvalue weighted by atomic mass is 16.2. The van der Waals surface area contributed by atoms with Crippen molar-refractivity contribution in [2.75, 3.05) is 31.6 Å². The van der Waals surface area contributed by atoms with Crippen LogP contribution < -0.4 is 4.90 Å². The van der Waals surface area contributed by atoms with E-state index in [1.165, 1.54) is 5.56 Å². The van der Waals surface area contributed by atoms with E-state index in [0.29, 0.717) is 12.5 Å². The lowest BCUT2D eigenvalue weighted by atomic mass is 9.73. The van der Waals surface area contributed by atoms with Crippen molar-refractivity contribution in [1.82, 2.24) is 14.9 Å². The average molecular weight is 308 g/mol. The fourth-order valence-corrected chi connectivity index (χ4v) is 4.05. The van der Waals surface area contributed by atoms with Gasteiger partial charge in [-0.25, -0.2) is 9.97 Å². The Bertz CT molecular complexity index is 705. The lowest BCUT2D eigenvalue weighted by Crippen LogP contribution is -2.38. The number of carbonyl (C=O) groups is 1. The van der Waals surface area contributed by atoms with Gasteiger partial charge in [-0.05, 0) is 18.1 Å². The first-order valence-corrected chi connectivity index (χ1v) is 8.03. The van der Waals surface area contributed by atoms with Crippen molar-refractivity contribution in [3.05, 3.63) is 54.4 Å². The highest BCUT2D eigenvalue weighted by Gasteiger charge is 2.56. The maximum atomic E-state index is 12.9. The average Bonchev–Trinajstić information content (AvgIpc) is 3.13. The SMILES string of the molecule is CN1CC[C@@]2(CN(c3ncccn3)C[C@H]2c2ccccc2)C1=O. The number of likely N-dealkylation sites (tertiary alicyclic amines) is 1. The standard InChI is InChI=1S/C18H20N4O/c1-21-11-8-18(16(21)23)13-22(17-19-9-5-10-20-17)12-15(18)14-6-3-2-4-7-14/h2-7,9-10,15H,8,11-13H2,1H3/t15-,18-/m0/s1. The molecule has 2 aliphatic rings. The molecule has 0 bridgehead atoms. The van der Waals surface area contributed by atoms with Crippen LogP contribution in [-0.2, 0) is 4.79 Å². The molecule has 118 valence electrons. The highest BCUT2D eigenvalue weighted by Crippen LogP contribution is 2.50. The Hall–Kier alpha value is -2.43. The maximum Gasteiger partial charge on any atom is 0.231 e. The summed E-state index contributed by atoms with van der Waals surface area (Å²) in [6, 6.07) is 12.2. The predicted molar refractivity (Wildman–Crippen MR) is 88.1 cm³/mol. The molecule has 5 nitrogen and oxygen atoms in total. The van der Waals surface area contributed by atoms with Gasteiger partial charge < -0.3 is 9.80 Å². The first-order valence-electron chi connectivity index (χ1n) is 8.03. The van der Waals surface area contributed by atoms with Gasteiger partial charge in [0.25, 0.3) is 0 Å². The van der Waals surface area contributed by atoms with Crippen molar-refractivity contribution >= 4 is 11.9 Å². The number of rotatable bonds is 2. The molecule has 1 spiro atoms. The molecule has 2 aliphatic heterocycles. The molecule has 2 fully saturated rings. The van der Waals surface area contributed by atoms with Crippen molar-refractivity contribution in [3.8, 4) is 0 Å². The Balaban J connectivity index is 1.75. The van der Waals surface area contributed by atoms with Crippen molar-refractivity contribution in [3.63, 3.8) is 0 Å². The van der Waals surface area contributed by atoms with E-state index in [1.807, 2.05) is 36.2 Å². The number of hydrogen-bond donors (Lipinski definition) is 0. The van der Waals surface area contributed by atoms with Crippen LogP contribution in [0.2, 0.25) is 0 Å². The largest absolute Gasteiger partial charge is 0.345 e. The first kappa shape index (κ1) is 14.2. The van der Waals surface area contributed by atoms with Crippen LogP contribution in [0.1, 0.15) is 17.9 Å². The number of carbonyl (C=O) groups excluding carboxylic acids is 1. The zero-order valence-electron chi connectivity index (χ0n) is 13.2. The topological polar surface area (TPSA) is 49.3 Å². The van der Waals surface area contributed by atoms with Crippen LogP contribution in [0.3, 0.4) is 0 Å². The van der Waals surface area contributed by atoms with E-state index in [0.717, 1.165) is 19.5 Å². The number of benzene rings is 1. The minimum atomic E-state index is -0.352. The summed E-state index contributed by atoms with van der Waals surface area (Å²) in [7, 11) is 1.90. The number of amides is 1. The van der Waals surface area contributed by atoms with E-state index in [4.69, 9.17) is 0 Å². The summed E-state index contributed by atoms with van der Waals surface area (Å²) < 4.78 is 0. The zero-order chi connectivity index (χ0) is 15.9. The van der Waals surface area contributed by atoms with Crippen molar-refractivity contribution in [2.24, 2.45) is 5.41 Å². The zero-order valence-corrected chi connectivity index (χ0v) is 13.2. The third-order valence-corrected chi connectivity index (χ3v) is 5.25. The van der Waals surface area contributed by atoms with Gasteiger partial charge in [-0.15, -0.1) is 0 Å². The molecule has 5 heteroatoms. The van der Waals surface area contributed by atoms with Crippen LogP contribution in [0.25, 0.3) is 0 Å². The number of nitrogens with zero attached hydrogens (tertiary/aromatic N) is 4. The van der Waals surface area contributed by atoms with Crippen LogP contribution in [0.15, 0.2) is 48.8 Å².